The van der Waals surface area contributed by atoms with Gasteiger partial charge in [0.1, 0.15) is 5.75 Å². The standard InChI is InChI=1S/C25H23ClN2O3/c1-25(2,3)15-12-13-20(18(26)14-15)31-24-16-8-5-6-10-19(16)27-23(28-24)17-9-7-11-21(30-4)22(17)29/h5-14,29H,1-4H3. The Hall–Kier alpha value is -3.31. The molecule has 1 aromatic heterocycles. The number of aromatic nitrogens is 2. The minimum Gasteiger partial charge on any atom is -0.504 e. The summed E-state index contributed by atoms with van der Waals surface area (Å²) in [6.07, 6.45) is 0. The summed E-state index contributed by atoms with van der Waals surface area (Å²) in [5.41, 5.74) is 2.22. The Balaban J connectivity index is 1.83. The third-order valence-electron chi connectivity index (χ3n) is 5.03. The topological polar surface area (TPSA) is 64.5 Å². The molecule has 4 rings (SSSR count). The maximum Gasteiger partial charge on any atom is 0.230 e. The molecule has 0 aliphatic rings. The van der Waals surface area contributed by atoms with Crippen LogP contribution in [0.15, 0.2) is 60.7 Å². The number of para-hydroxylation sites is 2. The highest BCUT2D eigenvalue weighted by Crippen LogP contribution is 2.39. The van der Waals surface area contributed by atoms with Gasteiger partial charge in [-0.05, 0) is 47.4 Å². The molecule has 158 valence electrons. The van der Waals surface area contributed by atoms with Crippen LogP contribution < -0.4 is 9.47 Å². The van der Waals surface area contributed by atoms with Crippen molar-refractivity contribution in [2.45, 2.75) is 26.2 Å². The van der Waals surface area contributed by atoms with Crippen molar-refractivity contribution in [2.75, 3.05) is 7.11 Å². The molecular weight excluding hydrogens is 412 g/mol. The molecule has 0 amide bonds. The molecule has 1 heterocycles. The van der Waals surface area contributed by atoms with E-state index in [2.05, 4.69) is 30.7 Å². The van der Waals surface area contributed by atoms with E-state index >= 15 is 0 Å². The number of benzene rings is 3. The van der Waals surface area contributed by atoms with E-state index in [1.54, 1.807) is 18.2 Å². The van der Waals surface area contributed by atoms with Crippen molar-refractivity contribution >= 4 is 22.5 Å². The van der Waals surface area contributed by atoms with Crippen molar-refractivity contribution in [3.8, 4) is 34.5 Å². The second kappa shape index (κ2) is 8.08. The Morgan fingerprint density at radius 1 is 0.903 bits per heavy atom. The number of hydrogen-bond acceptors (Lipinski definition) is 5. The number of phenols is 1. The molecule has 0 fully saturated rings. The van der Waals surface area contributed by atoms with Crippen molar-refractivity contribution in [1.82, 2.24) is 9.97 Å². The van der Waals surface area contributed by atoms with Gasteiger partial charge in [0.15, 0.2) is 17.3 Å². The van der Waals surface area contributed by atoms with Gasteiger partial charge in [0, 0.05) is 0 Å². The van der Waals surface area contributed by atoms with Gasteiger partial charge in [0.25, 0.3) is 0 Å². The van der Waals surface area contributed by atoms with E-state index in [4.69, 9.17) is 21.1 Å². The number of phenolic OH excluding ortho intramolecular Hbond substituents is 1. The van der Waals surface area contributed by atoms with Crippen molar-refractivity contribution in [2.24, 2.45) is 0 Å². The molecule has 0 aliphatic heterocycles. The zero-order valence-corrected chi connectivity index (χ0v) is 18.6. The average Bonchev–Trinajstić information content (AvgIpc) is 2.74. The molecule has 0 unspecified atom stereocenters. The van der Waals surface area contributed by atoms with Gasteiger partial charge < -0.3 is 14.6 Å². The van der Waals surface area contributed by atoms with Gasteiger partial charge in [-0.25, -0.2) is 4.98 Å². The molecule has 0 aliphatic carbocycles. The van der Waals surface area contributed by atoms with Crippen LogP contribution in [0, 0.1) is 0 Å². The monoisotopic (exact) mass is 434 g/mol. The van der Waals surface area contributed by atoms with Gasteiger partial charge in [-0.3, -0.25) is 0 Å². The second-order valence-corrected chi connectivity index (χ2v) is 8.63. The largest absolute Gasteiger partial charge is 0.504 e. The lowest BCUT2D eigenvalue weighted by atomic mass is 9.87. The van der Waals surface area contributed by atoms with Crippen molar-refractivity contribution in [3.63, 3.8) is 0 Å². The number of methoxy groups -OCH3 is 1. The summed E-state index contributed by atoms with van der Waals surface area (Å²) in [4.78, 5) is 9.22. The highest BCUT2D eigenvalue weighted by Gasteiger charge is 2.19. The van der Waals surface area contributed by atoms with Crippen LogP contribution in [0.5, 0.6) is 23.1 Å². The van der Waals surface area contributed by atoms with Crippen molar-refractivity contribution in [1.29, 1.82) is 0 Å². The SMILES string of the molecule is COc1cccc(-c2nc(Oc3ccc(C(C)(C)C)cc3Cl)c3ccccc3n2)c1O. The third kappa shape index (κ3) is 4.14. The number of aromatic hydroxyl groups is 1. The van der Waals surface area contributed by atoms with Gasteiger partial charge in [0.05, 0.1) is 28.6 Å². The summed E-state index contributed by atoms with van der Waals surface area (Å²) < 4.78 is 11.4. The number of halogens is 1. The molecular formula is C25H23ClN2O3. The summed E-state index contributed by atoms with van der Waals surface area (Å²) >= 11 is 6.53. The summed E-state index contributed by atoms with van der Waals surface area (Å²) in [6.45, 7) is 6.39. The molecule has 0 bridgehead atoms. The van der Waals surface area contributed by atoms with Crippen LogP contribution in [0.3, 0.4) is 0 Å². The number of rotatable bonds is 4. The average molecular weight is 435 g/mol. The maximum absolute atomic E-state index is 10.6. The number of ether oxygens (including phenoxy) is 2. The summed E-state index contributed by atoms with van der Waals surface area (Å²) in [5, 5.41) is 11.8. The first-order chi connectivity index (χ1) is 14.8. The van der Waals surface area contributed by atoms with Gasteiger partial charge in [-0.1, -0.05) is 56.6 Å². The molecule has 6 heteroatoms. The molecule has 5 nitrogen and oxygen atoms in total. The minimum atomic E-state index is -0.0289. The highest BCUT2D eigenvalue weighted by molar-refractivity contribution is 6.32. The molecule has 3 aromatic carbocycles. The smallest absolute Gasteiger partial charge is 0.230 e. The first-order valence-electron chi connectivity index (χ1n) is 9.89. The van der Waals surface area contributed by atoms with Gasteiger partial charge in [0.2, 0.25) is 5.88 Å². The van der Waals surface area contributed by atoms with Crippen LogP contribution in [-0.2, 0) is 5.41 Å². The fourth-order valence-corrected chi connectivity index (χ4v) is 3.49. The Bertz CT molecular complexity index is 1270. The van der Waals surface area contributed by atoms with Crippen molar-refractivity contribution in [3.05, 3.63) is 71.2 Å². The highest BCUT2D eigenvalue weighted by atomic mass is 35.5. The molecule has 31 heavy (non-hydrogen) atoms. The molecule has 0 saturated heterocycles. The lowest BCUT2D eigenvalue weighted by molar-refractivity contribution is 0.374. The van der Waals surface area contributed by atoms with Gasteiger partial charge in [-0.2, -0.15) is 4.98 Å². The first-order valence-corrected chi connectivity index (χ1v) is 10.3. The molecule has 0 atom stereocenters. The van der Waals surface area contributed by atoms with E-state index in [9.17, 15) is 5.11 Å². The van der Waals surface area contributed by atoms with Gasteiger partial charge >= 0.3 is 0 Å². The van der Waals surface area contributed by atoms with E-state index in [1.165, 1.54) is 7.11 Å². The van der Waals surface area contributed by atoms with Crippen LogP contribution in [0.1, 0.15) is 26.3 Å². The van der Waals surface area contributed by atoms with E-state index in [0.29, 0.717) is 39.3 Å². The molecule has 0 spiro atoms. The van der Waals surface area contributed by atoms with Crippen LogP contribution in [0.2, 0.25) is 5.02 Å². The van der Waals surface area contributed by atoms with Crippen LogP contribution >= 0.6 is 11.6 Å². The van der Waals surface area contributed by atoms with Gasteiger partial charge in [-0.15, -0.1) is 0 Å². The zero-order chi connectivity index (χ0) is 22.2. The lowest BCUT2D eigenvalue weighted by Crippen LogP contribution is -2.10. The number of nitrogens with zero attached hydrogens (tertiary/aromatic N) is 2. The Labute approximate surface area is 186 Å². The fraction of sp³-hybridized carbons (Fsp3) is 0.200. The van der Waals surface area contributed by atoms with Crippen LogP contribution in [0.4, 0.5) is 0 Å². The molecule has 0 saturated carbocycles. The third-order valence-corrected chi connectivity index (χ3v) is 5.33. The second-order valence-electron chi connectivity index (χ2n) is 8.22. The molecule has 0 radical (unpaired) electrons. The van der Waals surface area contributed by atoms with E-state index in [0.717, 1.165) is 10.9 Å². The van der Waals surface area contributed by atoms with E-state index in [1.807, 2.05) is 42.5 Å². The molecule has 4 aromatic rings. The number of hydrogen-bond donors (Lipinski definition) is 1. The van der Waals surface area contributed by atoms with Crippen LogP contribution in [0.25, 0.3) is 22.3 Å². The quantitative estimate of drug-likeness (QED) is 0.384. The Kier molecular flexibility index (Phi) is 5.46. The zero-order valence-electron chi connectivity index (χ0n) is 17.8. The summed E-state index contributed by atoms with van der Waals surface area (Å²) in [5.74, 6) is 1.50. The normalized spacial score (nSPS) is 11.5. The lowest BCUT2D eigenvalue weighted by Gasteiger charge is -2.20. The minimum absolute atomic E-state index is 0.0269. The maximum atomic E-state index is 10.6. The van der Waals surface area contributed by atoms with E-state index in [-0.39, 0.29) is 11.2 Å². The molecule has 1 N–H and O–H groups in total. The van der Waals surface area contributed by atoms with Crippen LogP contribution in [-0.4, -0.2) is 22.2 Å². The predicted octanol–water partition coefficient (Wildman–Crippen LogP) is 6.75. The first kappa shape index (κ1) is 20.9. The van der Waals surface area contributed by atoms with Crippen molar-refractivity contribution < 1.29 is 14.6 Å². The Morgan fingerprint density at radius 3 is 2.39 bits per heavy atom. The summed E-state index contributed by atoms with van der Waals surface area (Å²) in [7, 11) is 1.50. The summed E-state index contributed by atoms with van der Waals surface area (Å²) in [6, 6.07) is 18.5. The number of fused-ring (bicyclic) bond motifs is 1. The predicted molar refractivity (Wildman–Crippen MR) is 123 cm³/mol. The van der Waals surface area contributed by atoms with E-state index < -0.39 is 0 Å². The Morgan fingerprint density at radius 2 is 1.68 bits per heavy atom. The fourth-order valence-electron chi connectivity index (χ4n) is 3.27.